The summed E-state index contributed by atoms with van der Waals surface area (Å²) in [4.78, 5) is 0. The highest BCUT2D eigenvalue weighted by Crippen LogP contribution is 2.33. The summed E-state index contributed by atoms with van der Waals surface area (Å²) in [6.45, 7) is 0.733. The highest BCUT2D eigenvalue weighted by Gasteiger charge is 2.16. The molecule has 0 spiro atoms. The van der Waals surface area contributed by atoms with Crippen molar-refractivity contribution in [1.82, 2.24) is 0 Å². The molecule has 0 saturated heterocycles. The maximum Gasteiger partial charge on any atom is 0.106 e. The number of hydrogen-bond acceptors (Lipinski definition) is 2. The monoisotopic (exact) mass is 329 g/mol. The Morgan fingerprint density at radius 3 is 2.36 bits per heavy atom. The van der Waals surface area contributed by atoms with Gasteiger partial charge in [-0.05, 0) is 64.4 Å². The summed E-state index contributed by atoms with van der Waals surface area (Å²) in [5, 5.41) is 2.81. The van der Waals surface area contributed by atoms with Crippen molar-refractivity contribution in [3.63, 3.8) is 0 Å². The fraction of sp³-hybridized carbons (Fsp3) is 0.217. The van der Waals surface area contributed by atoms with Crippen LogP contribution in [-0.4, -0.2) is 12.6 Å². The Balaban J connectivity index is 0.000000223. The van der Waals surface area contributed by atoms with E-state index >= 15 is 0 Å². The van der Waals surface area contributed by atoms with Crippen molar-refractivity contribution in [1.29, 1.82) is 0 Å². The lowest BCUT2D eigenvalue weighted by atomic mass is 9.85. The first-order valence-corrected chi connectivity index (χ1v) is 8.94. The molecule has 2 aliphatic carbocycles. The first kappa shape index (κ1) is 15.9. The van der Waals surface area contributed by atoms with Crippen LogP contribution in [0.1, 0.15) is 28.7 Å². The van der Waals surface area contributed by atoms with Crippen LogP contribution in [0.25, 0.3) is 22.9 Å². The van der Waals surface area contributed by atoms with E-state index in [1.165, 1.54) is 33.0 Å². The Labute approximate surface area is 149 Å². The Kier molecular flexibility index (Phi) is 4.53. The van der Waals surface area contributed by atoms with Gasteiger partial charge in [-0.2, -0.15) is 0 Å². The van der Waals surface area contributed by atoms with Gasteiger partial charge >= 0.3 is 0 Å². The SMILES string of the molecule is C1=CCOC=C1.NC1C=Cc2ccc3c4c(ccc3c2C1)C=CCC4. The van der Waals surface area contributed by atoms with Crippen molar-refractivity contribution in [2.45, 2.75) is 25.3 Å². The number of rotatable bonds is 0. The number of hydrogen-bond donors (Lipinski definition) is 1. The van der Waals surface area contributed by atoms with E-state index in [0.717, 1.165) is 25.9 Å². The lowest BCUT2D eigenvalue weighted by molar-refractivity contribution is 0.286. The number of aryl methyl sites for hydroxylation is 1. The molecule has 0 saturated carbocycles. The Hall–Kier alpha value is -2.58. The summed E-state index contributed by atoms with van der Waals surface area (Å²) in [5.74, 6) is 0. The highest BCUT2D eigenvalue weighted by molar-refractivity contribution is 5.94. The molecule has 2 aromatic carbocycles. The van der Waals surface area contributed by atoms with Crippen LogP contribution in [0.15, 0.2) is 60.9 Å². The third-order valence-electron chi connectivity index (χ3n) is 4.93. The molecule has 3 aliphatic rings. The topological polar surface area (TPSA) is 35.2 Å². The Morgan fingerprint density at radius 2 is 1.68 bits per heavy atom. The molecule has 0 bridgehead atoms. The predicted octanol–water partition coefficient (Wildman–Crippen LogP) is 4.78. The van der Waals surface area contributed by atoms with Crippen LogP contribution in [0.2, 0.25) is 0 Å². The fourth-order valence-electron chi connectivity index (χ4n) is 3.70. The van der Waals surface area contributed by atoms with Crippen molar-refractivity contribution in [2.24, 2.45) is 5.73 Å². The number of benzene rings is 2. The van der Waals surface area contributed by atoms with Crippen LogP contribution < -0.4 is 5.73 Å². The summed E-state index contributed by atoms with van der Waals surface area (Å²) < 4.78 is 4.80. The summed E-state index contributed by atoms with van der Waals surface area (Å²) in [6, 6.07) is 9.23. The van der Waals surface area contributed by atoms with Crippen molar-refractivity contribution in [3.05, 3.63) is 83.2 Å². The van der Waals surface area contributed by atoms with Gasteiger partial charge in [0.2, 0.25) is 0 Å². The summed E-state index contributed by atoms with van der Waals surface area (Å²) in [5.41, 5.74) is 11.7. The minimum Gasteiger partial charge on any atom is -0.497 e. The third-order valence-corrected chi connectivity index (χ3v) is 4.93. The van der Waals surface area contributed by atoms with Gasteiger partial charge in [0.1, 0.15) is 6.61 Å². The van der Waals surface area contributed by atoms with E-state index in [1.54, 1.807) is 6.26 Å². The summed E-state index contributed by atoms with van der Waals surface area (Å²) in [7, 11) is 0. The van der Waals surface area contributed by atoms with Gasteiger partial charge in [-0.1, -0.05) is 54.6 Å². The molecule has 2 nitrogen and oxygen atoms in total. The van der Waals surface area contributed by atoms with Crippen molar-refractivity contribution in [3.8, 4) is 0 Å². The van der Waals surface area contributed by atoms with Gasteiger partial charge in [0.15, 0.2) is 0 Å². The molecule has 2 heteroatoms. The minimum atomic E-state index is 0.161. The summed E-state index contributed by atoms with van der Waals surface area (Å²) >= 11 is 0. The molecule has 2 aromatic rings. The molecular formula is C23H23NO. The number of ether oxygens (including phenoxy) is 1. The Morgan fingerprint density at radius 1 is 0.880 bits per heavy atom. The predicted molar refractivity (Wildman–Crippen MR) is 106 cm³/mol. The second-order valence-corrected chi connectivity index (χ2v) is 6.62. The van der Waals surface area contributed by atoms with Gasteiger partial charge in [0.25, 0.3) is 0 Å². The average molecular weight is 329 g/mol. The van der Waals surface area contributed by atoms with E-state index in [0.29, 0.717) is 0 Å². The van der Waals surface area contributed by atoms with E-state index in [4.69, 9.17) is 10.5 Å². The molecule has 0 radical (unpaired) electrons. The van der Waals surface area contributed by atoms with Crippen molar-refractivity contribution in [2.75, 3.05) is 6.61 Å². The van der Waals surface area contributed by atoms with E-state index in [-0.39, 0.29) is 6.04 Å². The number of allylic oxidation sites excluding steroid dienone is 3. The largest absolute Gasteiger partial charge is 0.497 e. The first-order chi connectivity index (χ1) is 12.3. The van der Waals surface area contributed by atoms with Gasteiger partial charge in [0, 0.05) is 6.04 Å². The lowest BCUT2D eigenvalue weighted by Crippen LogP contribution is -2.22. The van der Waals surface area contributed by atoms with Crippen LogP contribution in [-0.2, 0) is 17.6 Å². The van der Waals surface area contributed by atoms with Crippen LogP contribution in [0, 0.1) is 0 Å². The molecule has 25 heavy (non-hydrogen) atoms. The van der Waals surface area contributed by atoms with Gasteiger partial charge in [-0.15, -0.1) is 0 Å². The minimum absolute atomic E-state index is 0.161. The zero-order valence-corrected chi connectivity index (χ0v) is 14.3. The number of nitrogens with two attached hydrogens (primary N) is 1. The maximum absolute atomic E-state index is 6.08. The molecule has 2 N–H and O–H groups in total. The first-order valence-electron chi connectivity index (χ1n) is 8.94. The average Bonchev–Trinajstić information content (AvgIpc) is 2.69. The molecule has 0 fully saturated rings. The molecule has 1 aliphatic heterocycles. The molecule has 1 heterocycles. The van der Waals surface area contributed by atoms with Gasteiger partial charge in [-0.25, -0.2) is 0 Å². The number of fused-ring (bicyclic) bond motifs is 5. The smallest absolute Gasteiger partial charge is 0.106 e. The Bertz CT molecular complexity index is 890. The zero-order chi connectivity index (χ0) is 17.1. The van der Waals surface area contributed by atoms with Crippen LogP contribution >= 0.6 is 0 Å². The molecule has 1 unspecified atom stereocenters. The molecule has 0 aromatic heterocycles. The van der Waals surface area contributed by atoms with E-state index in [9.17, 15) is 0 Å². The van der Waals surface area contributed by atoms with E-state index < -0.39 is 0 Å². The van der Waals surface area contributed by atoms with Gasteiger partial charge in [-0.3, -0.25) is 0 Å². The van der Waals surface area contributed by atoms with Crippen molar-refractivity contribution >= 4 is 22.9 Å². The summed E-state index contributed by atoms with van der Waals surface area (Å²) in [6.07, 6.45) is 19.5. The molecule has 5 rings (SSSR count). The zero-order valence-electron chi connectivity index (χ0n) is 14.3. The second kappa shape index (κ2) is 7.12. The highest BCUT2D eigenvalue weighted by atomic mass is 16.5. The lowest BCUT2D eigenvalue weighted by Gasteiger charge is -2.21. The van der Waals surface area contributed by atoms with E-state index in [2.05, 4.69) is 48.6 Å². The molecular weight excluding hydrogens is 306 g/mol. The molecule has 1 atom stereocenters. The molecule has 126 valence electrons. The third kappa shape index (κ3) is 3.31. The van der Waals surface area contributed by atoms with E-state index in [1.807, 2.05) is 18.2 Å². The normalized spacial score (nSPS) is 19.6. The van der Waals surface area contributed by atoms with Crippen molar-refractivity contribution < 1.29 is 4.74 Å². The fourth-order valence-corrected chi connectivity index (χ4v) is 3.70. The maximum atomic E-state index is 6.08. The van der Waals surface area contributed by atoms with Crippen LogP contribution in [0.5, 0.6) is 0 Å². The van der Waals surface area contributed by atoms with Crippen LogP contribution in [0.3, 0.4) is 0 Å². The standard InChI is InChI=1S/C18H17N.C5H6O/c19-14-8-5-13-7-9-16-15-4-2-1-3-12(15)6-10-17(16)18(13)11-14;1-2-4-6-5-3-1/h1,3,5-10,14H,2,4,11,19H2;1-4H,5H2. The van der Waals surface area contributed by atoms with Gasteiger partial charge in [0.05, 0.1) is 6.26 Å². The van der Waals surface area contributed by atoms with Crippen LogP contribution in [0.4, 0.5) is 0 Å². The second-order valence-electron chi connectivity index (χ2n) is 6.62. The molecule has 0 amide bonds. The van der Waals surface area contributed by atoms with Gasteiger partial charge < -0.3 is 10.5 Å². The quantitative estimate of drug-likeness (QED) is 0.755.